The van der Waals surface area contributed by atoms with Crippen molar-refractivity contribution >= 4 is 11.4 Å². The molecule has 19 heavy (non-hydrogen) atoms. The van der Waals surface area contributed by atoms with Crippen molar-refractivity contribution in [3.8, 4) is 6.07 Å². The third-order valence-corrected chi connectivity index (χ3v) is 2.99. The Morgan fingerprint density at radius 1 is 1.53 bits per heavy atom. The summed E-state index contributed by atoms with van der Waals surface area (Å²) in [5.41, 5.74) is 2.01. The van der Waals surface area contributed by atoms with Crippen molar-refractivity contribution in [1.29, 1.82) is 5.26 Å². The Hall–Kier alpha value is -2.39. The Balaban J connectivity index is 2.15. The third kappa shape index (κ3) is 3.30. The number of benzene rings is 1. The van der Waals surface area contributed by atoms with Crippen LogP contribution in [0.25, 0.3) is 0 Å². The topological polar surface area (TPSA) is 91.0 Å². The minimum atomic E-state index is -0.444. The van der Waals surface area contributed by atoms with Crippen LogP contribution in [0.1, 0.15) is 12.0 Å². The van der Waals surface area contributed by atoms with Gasteiger partial charge in [-0.1, -0.05) is 11.6 Å². The van der Waals surface area contributed by atoms with Crippen LogP contribution in [0.2, 0.25) is 0 Å². The second-order valence-electron chi connectivity index (χ2n) is 4.27. The molecule has 0 amide bonds. The first-order valence-corrected chi connectivity index (χ1v) is 6.02. The molecule has 0 saturated carbocycles. The number of hydrogen-bond donors (Lipinski definition) is 2. The van der Waals surface area contributed by atoms with E-state index in [1.54, 1.807) is 0 Å². The van der Waals surface area contributed by atoms with Crippen molar-refractivity contribution in [3.05, 3.63) is 45.5 Å². The van der Waals surface area contributed by atoms with Gasteiger partial charge < -0.3 is 10.6 Å². The maximum atomic E-state index is 10.9. The molecule has 1 aliphatic heterocycles. The average molecular weight is 258 g/mol. The minimum absolute atomic E-state index is 0.00599. The summed E-state index contributed by atoms with van der Waals surface area (Å²) in [5.74, 6) is 0. The smallest absolute Gasteiger partial charge is 0.292 e. The highest BCUT2D eigenvalue weighted by Crippen LogP contribution is 2.25. The Labute approximate surface area is 110 Å². The van der Waals surface area contributed by atoms with Gasteiger partial charge >= 0.3 is 0 Å². The average Bonchev–Trinajstić information content (AvgIpc) is 2.45. The molecular weight excluding hydrogens is 244 g/mol. The lowest BCUT2D eigenvalue weighted by Crippen LogP contribution is -2.23. The SMILES string of the molecule is N#Cc1ccc([N+](=O)[O-])c(NCC2=CCNCC2)c1. The number of nitro groups is 1. The number of anilines is 1. The van der Waals surface area contributed by atoms with Crippen LogP contribution in [0.4, 0.5) is 11.4 Å². The fraction of sp³-hybridized carbons (Fsp3) is 0.308. The van der Waals surface area contributed by atoms with Crippen molar-refractivity contribution in [2.45, 2.75) is 6.42 Å². The summed E-state index contributed by atoms with van der Waals surface area (Å²) in [6.07, 6.45) is 3.01. The van der Waals surface area contributed by atoms with Crippen LogP contribution < -0.4 is 10.6 Å². The fourth-order valence-electron chi connectivity index (χ4n) is 1.95. The van der Waals surface area contributed by atoms with E-state index in [9.17, 15) is 10.1 Å². The highest BCUT2D eigenvalue weighted by molar-refractivity contribution is 5.64. The maximum Gasteiger partial charge on any atom is 0.292 e. The van der Waals surface area contributed by atoms with E-state index in [0.717, 1.165) is 19.5 Å². The molecule has 6 heteroatoms. The first-order chi connectivity index (χ1) is 9.20. The van der Waals surface area contributed by atoms with Crippen molar-refractivity contribution in [2.24, 2.45) is 0 Å². The van der Waals surface area contributed by atoms with E-state index in [2.05, 4.69) is 16.7 Å². The van der Waals surface area contributed by atoms with Crippen LogP contribution in [0.5, 0.6) is 0 Å². The molecule has 0 aromatic heterocycles. The monoisotopic (exact) mass is 258 g/mol. The third-order valence-electron chi connectivity index (χ3n) is 2.99. The van der Waals surface area contributed by atoms with Crippen LogP contribution in [-0.4, -0.2) is 24.6 Å². The van der Waals surface area contributed by atoms with Crippen LogP contribution in [0.3, 0.4) is 0 Å². The molecule has 1 heterocycles. The van der Waals surface area contributed by atoms with Crippen LogP contribution in [0.15, 0.2) is 29.8 Å². The molecule has 2 rings (SSSR count). The Kier molecular flexibility index (Phi) is 4.11. The van der Waals surface area contributed by atoms with Crippen molar-refractivity contribution < 1.29 is 4.92 Å². The summed E-state index contributed by atoms with van der Waals surface area (Å²) in [4.78, 5) is 10.5. The quantitative estimate of drug-likeness (QED) is 0.488. The molecule has 0 unspecified atom stereocenters. The molecule has 1 aliphatic rings. The van der Waals surface area contributed by atoms with Crippen LogP contribution >= 0.6 is 0 Å². The predicted octanol–water partition coefficient (Wildman–Crippen LogP) is 1.80. The summed E-state index contributed by atoms with van der Waals surface area (Å²) < 4.78 is 0. The fourth-order valence-corrected chi connectivity index (χ4v) is 1.95. The largest absolute Gasteiger partial charge is 0.376 e. The molecule has 0 bridgehead atoms. The Morgan fingerprint density at radius 2 is 2.37 bits per heavy atom. The molecule has 2 N–H and O–H groups in total. The lowest BCUT2D eigenvalue weighted by molar-refractivity contribution is -0.384. The molecule has 98 valence electrons. The lowest BCUT2D eigenvalue weighted by Gasteiger charge is -2.15. The zero-order valence-corrected chi connectivity index (χ0v) is 10.3. The highest BCUT2D eigenvalue weighted by Gasteiger charge is 2.14. The molecule has 0 radical (unpaired) electrons. The summed E-state index contributed by atoms with van der Waals surface area (Å²) in [6, 6.07) is 6.31. The van der Waals surface area contributed by atoms with Gasteiger partial charge in [-0.3, -0.25) is 10.1 Å². The second kappa shape index (κ2) is 5.98. The van der Waals surface area contributed by atoms with Gasteiger partial charge in [-0.05, 0) is 25.1 Å². The molecule has 0 spiro atoms. The first kappa shape index (κ1) is 13.1. The van der Waals surface area contributed by atoms with Gasteiger partial charge in [-0.25, -0.2) is 0 Å². The summed E-state index contributed by atoms with van der Waals surface area (Å²) >= 11 is 0. The van der Waals surface area contributed by atoms with E-state index < -0.39 is 4.92 Å². The zero-order valence-electron chi connectivity index (χ0n) is 10.3. The Morgan fingerprint density at radius 3 is 3.00 bits per heavy atom. The number of nitro benzene ring substituents is 1. The van der Waals surface area contributed by atoms with E-state index in [4.69, 9.17) is 5.26 Å². The van der Waals surface area contributed by atoms with Gasteiger partial charge in [0.15, 0.2) is 0 Å². The minimum Gasteiger partial charge on any atom is -0.376 e. The maximum absolute atomic E-state index is 10.9. The predicted molar refractivity (Wildman–Crippen MR) is 71.9 cm³/mol. The van der Waals surface area contributed by atoms with Crippen molar-refractivity contribution in [1.82, 2.24) is 5.32 Å². The van der Waals surface area contributed by atoms with Crippen molar-refractivity contribution in [2.75, 3.05) is 25.0 Å². The van der Waals surface area contributed by atoms with Gasteiger partial charge in [0.2, 0.25) is 0 Å². The number of hydrogen-bond acceptors (Lipinski definition) is 5. The standard InChI is InChI=1S/C13H14N4O2/c14-8-11-1-2-13(17(18)19)12(7-11)16-9-10-3-5-15-6-4-10/h1-3,7,15-16H,4-6,9H2. The summed E-state index contributed by atoms with van der Waals surface area (Å²) in [5, 5.41) is 26.0. The van der Waals surface area contributed by atoms with Gasteiger partial charge in [0, 0.05) is 19.2 Å². The second-order valence-corrected chi connectivity index (χ2v) is 4.27. The van der Waals surface area contributed by atoms with Gasteiger partial charge in [0.25, 0.3) is 5.69 Å². The van der Waals surface area contributed by atoms with E-state index in [1.807, 2.05) is 6.07 Å². The van der Waals surface area contributed by atoms with E-state index in [0.29, 0.717) is 17.8 Å². The number of nitrogens with one attached hydrogen (secondary N) is 2. The molecule has 6 nitrogen and oxygen atoms in total. The van der Waals surface area contributed by atoms with E-state index >= 15 is 0 Å². The first-order valence-electron chi connectivity index (χ1n) is 6.02. The van der Waals surface area contributed by atoms with E-state index in [1.165, 1.54) is 23.8 Å². The van der Waals surface area contributed by atoms with Crippen molar-refractivity contribution in [3.63, 3.8) is 0 Å². The molecule has 0 fully saturated rings. The van der Waals surface area contributed by atoms with Crippen LogP contribution in [-0.2, 0) is 0 Å². The number of nitrogens with zero attached hydrogens (tertiary/aromatic N) is 2. The number of rotatable bonds is 4. The molecule has 0 atom stereocenters. The number of nitriles is 1. The normalized spacial score (nSPS) is 14.4. The van der Waals surface area contributed by atoms with Gasteiger partial charge in [0.1, 0.15) is 5.69 Å². The Bertz CT molecular complexity index is 560. The molecule has 0 aliphatic carbocycles. The molecule has 1 aromatic rings. The molecule has 0 saturated heterocycles. The highest BCUT2D eigenvalue weighted by atomic mass is 16.6. The molecular formula is C13H14N4O2. The molecule has 1 aromatic carbocycles. The van der Waals surface area contributed by atoms with Gasteiger partial charge in [-0.15, -0.1) is 0 Å². The van der Waals surface area contributed by atoms with Gasteiger partial charge in [-0.2, -0.15) is 5.26 Å². The summed E-state index contributed by atoms with van der Waals surface area (Å²) in [7, 11) is 0. The lowest BCUT2D eigenvalue weighted by atomic mass is 10.1. The van der Waals surface area contributed by atoms with Gasteiger partial charge in [0.05, 0.1) is 16.6 Å². The summed E-state index contributed by atoms with van der Waals surface area (Å²) in [6.45, 7) is 2.32. The van der Waals surface area contributed by atoms with Crippen LogP contribution in [0, 0.1) is 21.4 Å². The zero-order chi connectivity index (χ0) is 13.7. The van der Waals surface area contributed by atoms with E-state index in [-0.39, 0.29) is 5.69 Å².